The van der Waals surface area contributed by atoms with Crippen LogP contribution in [-0.2, 0) is 6.42 Å². The van der Waals surface area contributed by atoms with Crippen molar-refractivity contribution < 1.29 is 4.42 Å². The van der Waals surface area contributed by atoms with Gasteiger partial charge in [0.05, 0.1) is 12.5 Å². The van der Waals surface area contributed by atoms with Crippen LogP contribution in [0.5, 0.6) is 0 Å². The van der Waals surface area contributed by atoms with Gasteiger partial charge in [0.1, 0.15) is 0 Å². The Morgan fingerprint density at radius 3 is 2.73 bits per heavy atom. The fraction of sp³-hybridized carbons (Fsp3) is 0.692. The minimum Gasteiger partial charge on any atom is -0.472 e. The normalized spacial score (nSPS) is 15.1. The third-order valence-corrected chi connectivity index (χ3v) is 2.92. The van der Waals surface area contributed by atoms with Crippen LogP contribution in [0.4, 0.5) is 0 Å². The first-order chi connectivity index (χ1) is 7.27. The highest BCUT2D eigenvalue weighted by Gasteiger charge is 2.15. The van der Waals surface area contributed by atoms with E-state index in [4.69, 9.17) is 4.42 Å². The largest absolute Gasteiger partial charge is 0.472 e. The van der Waals surface area contributed by atoms with Crippen LogP contribution in [-0.4, -0.2) is 12.6 Å². The maximum atomic E-state index is 5.09. The maximum Gasteiger partial charge on any atom is 0.0934 e. The molecule has 0 saturated heterocycles. The number of nitrogens with one attached hydrogen (secondary N) is 1. The van der Waals surface area contributed by atoms with Gasteiger partial charge in [-0.1, -0.05) is 20.8 Å². The molecule has 0 bridgehead atoms. The lowest BCUT2D eigenvalue weighted by molar-refractivity contribution is 0.364. The van der Waals surface area contributed by atoms with Crippen molar-refractivity contribution in [3.8, 4) is 0 Å². The van der Waals surface area contributed by atoms with Crippen molar-refractivity contribution in [2.24, 2.45) is 5.92 Å². The highest BCUT2D eigenvalue weighted by Crippen LogP contribution is 2.14. The minimum absolute atomic E-state index is 0.625. The van der Waals surface area contributed by atoms with Gasteiger partial charge in [-0.3, -0.25) is 0 Å². The van der Waals surface area contributed by atoms with Crippen LogP contribution in [0.15, 0.2) is 23.0 Å². The second-order valence-corrected chi connectivity index (χ2v) is 4.28. The standard InChI is InChI=1S/C13H23NO/c1-4-7-14-13(5-2)11(3)9-12-6-8-15-10-12/h6,8,10-11,13-14H,4-5,7,9H2,1-3H3. The van der Waals surface area contributed by atoms with Crippen LogP contribution in [0, 0.1) is 5.92 Å². The molecule has 1 N–H and O–H groups in total. The summed E-state index contributed by atoms with van der Waals surface area (Å²) in [5.41, 5.74) is 1.30. The molecule has 1 rings (SSSR count). The Balaban J connectivity index is 2.39. The predicted octanol–water partition coefficient (Wildman–Crippen LogP) is 3.24. The lowest BCUT2D eigenvalue weighted by atomic mass is 9.93. The van der Waals surface area contributed by atoms with Crippen molar-refractivity contribution in [1.29, 1.82) is 0 Å². The molecule has 2 unspecified atom stereocenters. The van der Waals surface area contributed by atoms with Crippen molar-refractivity contribution in [3.63, 3.8) is 0 Å². The van der Waals surface area contributed by atoms with Gasteiger partial charge in [0.25, 0.3) is 0 Å². The first kappa shape index (κ1) is 12.3. The van der Waals surface area contributed by atoms with E-state index in [1.54, 1.807) is 6.26 Å². The number of hydrogen-bond donors (Lipinski definition) is 1. The average Bonchev–Trinajstić information content (AvgIpc) is 2.71. The monoisotopic (exact) mass is 209 g/mol. The fourth-order valence-electron chi connectivity index (χ4n) is 2.00. The third kappa shape index (κ3) is 4.08. The Bertz CT molecular complexity index is 243. The van der Waals surface area contributed by atoms with Gasteiger partial charge in [-0.05, 0) is 43.4 Å². The summed E-state index contributed by atoms with van der Waals surface area (Å²) in [6.45, 7) is 7.89. The fourth-order valence-corrected chi connectivity index (χ4v) is 2.00. The van der Waals surface area contributed by atoms with Gasteiger partial charge < -0.3 is 9.73 Å². The van der Waals surface area contributed by atoms with Gasteiger partial charge in [0, 0.05) is 6.04 Å². The van der Waals surface area contributed by atoms with Gasteiger partial charge in [0.2, 0.25) is 0 Å². The molecule has 0 radical (unpaired) electrons. The van der Waals surface area contributed by atoms with Crippen molar-refractivity contribution in [2.45, 2.75) is 46.1 Å². The summed E-state index contributed by atoms with van der Waals surface area (Å²) in [4.78, 5) is 0. The SMILES string of the molecule is CCCNC(CC)C(C)Cc1ccoc1. The molecule has 0 saturated carbocycles. The van der Waals surface area contributed by atoms with Crippen LogP contribution in [0.3, 0.4) is 0 Å². The molecule has 0 amide bonds. The molecular weight excluding hydrogens is 186 g/mol. The van der Waals surface area contributed by atoms with E-state index in [0.717, 1.165) is 13.0 Å². The number of rotatable bonds is 7. The molecule has 2 nitrogen and oxygen atoms in total. The molecule has 86 valence electrons. The molecule has 0 aliphatic carbocycles. The zero-order chi connectivity index (χ0) is 11.1. The number of furan rings is 1. The molecular formula is C13H23NO. The predicted molar refractivity (Wildman–Crippen MR) is 63.9 cm³/mol. The zero-order valence-corrected chi connectivity index (χ0v) is 10.1. The van der Waals surface area contributed by atoms with Gasteiger partial charge in [-0.15, -0.1) is 0 Å². The van der Waals surface area contributed by atoms with E-state index < -0.39 is 0 Å². The van der Waals surface area contributed by atoms with Crippen LogP contribution in [0.25, 0.3) is 0 Å². The molecule has 2 atom stereocenters. The van der Waals surface area contributed by atoms with Crippen LogP contribution < -0.4 is 5.32 Å². The molecule has 0 aliphatic heterocycles. The highest BCUT2D eigenvalue weighted by atomic mass is 16.3. The Hall–Kier alpha value is -0.760. The van der Waals surface area contributed by atoms with E-state index in [1.807, 2.05) is 6.26 Å². The van der Waals surface area contributed by atoms with Crippen LogP contribution in [0.1, 0.15) is 39.2 Å². The topological polar surface area (TPSA) is 25.2 Å². The lowest BCUT2D eigenvalue weighted by Gasteiger charge is -2.23. The van der Waals surface area contributed by atoms with Crippen molar-refractivity contribution >= 4 is 0 Å². The van der Waals surface area contributed by atoms with E-state index in [1.165, 1.54) is 18.4 Å². The second-order valence-electron chi connectivity index (χ2n) is 4.28. The summed E-state index contributed by atoms with van der Waals surface area (Å²) < 4.78 is 5.09. The van der Waals surface area contributed by atoms with E-state index in [0.29, 0.717) is 12.0 Å². The van der Waals surface area contributed by atoms with Gasteiger partial charge in [0.15, 0.2) is 0 Å². The van der Waals surface area contributed by atoms with E-state index >= 15 is 0 Å². The van der Waals surface area contributed by atoms with Gasteiger partial charge in [-0.2, -0.15) is 0 Å². The minimum atomic E-state index is 0.625. The number of hydrogen-bond acceptors (Lipinski definition) is 2. The summed E-state index contributed by atoms with van der Waals surface area (Å²) in [6, 6.07) is 2.68. The summed E-state index contributed by atoms with van der Waals surface area (Å²) in [5, 5.41) is 3.60. The molecule has 1 heterocycles. The molecule has 1 aromatic rings. The van der Waals surface area contributed by atoms with Crippen molar-refractivity contribution in [3.05, 3.63) is 24.2 Å². The Kier molecular flexibility index (Phi) is 5.48. The lowest BCUT2D eigenvalue weighted by Crippen LogP contribution is -2.35. The van der Waals surface area contributed by atoms with Crippen LogP contribution >= 0.6 is 0 Å². The first-order valence-corrected chi connectivity index (χ1v) is 6.02. The van der Waals surface area contributed by atoms with Crippen LogP contribution in [0.2, 0.25) is 0 Å². The second kappa shape index (κ2) is 6.67. The van der Waals surface area contributed by atoms with E-state index in [-0.39, 0.29) is 0 Å². The summed E-state index contributed by atoms with van der Waals surface area (Å²) in [7, 11) is 0. The van der Waals surface area contributed by atoms with Crippen molar-refractivity contribution in [2.75, 3.05) is 6.54 Å². The molecule has 0 fully saturated rings. The van der Waals surface area contributed by atoms with Crippen molar-refractivity contribution in [1.82, 2.24) is 5.32 Å². The zero-order valence-electron chi connectivity index (χ0n) is 10.1. The van der Waals surface area contributed by atoms with E-state index in [9.17, 15) is 0 Å². The average molecular weight is 209 g/mol. The van der Waals surface area contributed by atoms with E-state index in [2.05, 4.69) is 32.2 Å². The third-order valence-electron chi connectivity index (χ3n) is 2.92. The molecule has 0 spiro atoms. The molecule has 1 aromatic heterocycles. The quantitative estimate of drug-likeness (QED) is 0.745. The summed E-state index contributed by atoms with van der Waals surface area (Å²) in [5.74, 6) is 0.666. The highest BCUT2D eigenvalue weighted by molar-refractivity contribution is 5.06. The smallest absolute Gasteiger partial charge is 0.0934 e. The Morgan fingerprint density at radius 2 is 2.20 bits per heavy atom. The molecule has 2 heteroatoms. The van der Waals surface area contributed by atoms with Gasteiger partial charge >= 0.3 is 0 Å². The summed E-state index contributed by atoms with van der Waals surface area (Å²) in [6.07, 6.45) is 7.10. The Morgan fingerprint density at radius 1 is 1.40 bits per heavy atom. The first-order valence-electron chi connectivity index (χ1n) is 6.02. The molecule has 0 aliphatic rings. The Labute approximate surface area is 93.1 Å². The molecule has 15 heavy (non-hydrogen) atoms. The summed E-state index contributed by atoms with van der Waals surface area (Å²) >= 11 is 0. The maximum absolute atomic E-state index is 5.09. The van der Waals surface area contributed by atoms with Gasteiger partial charge in [-0.25, -0.2) is 0 Å². The molecule has 0 aromatic carbocycles.